The lowest BCUT2D eigenvalue weighted by Gasteiger charge is -2.37. The first-order valence-corrected chi connectivity index (χ1v) is 9.87. The molecule has 2 aliphatic carbocycles. The minimum atomic E-state index is -0.0499. The van der Waals surface area contributed by atoms with Crippen LogP contribution in [-0.2, 0) is 4.79 Å². The number of carbonyl (C=O) groups is 1. The van der Waals surface area contributed by atoms with E-state index in [4.69, 9.17) is 5.73 Å². The number of H-pyrrole nitrogens is 1. The molecule has 3 fully saturated rings. The van der Waals surface area contributed by atoms with Gasteiger partial charge < -0.3 is 15.6 Å². The van der Waals surface area contributed by atoms with Crippen LogP contribution in [0.25, 0.3) is 11.0 Å². The SMILES string of the molecule is Cl.NC1C2CCC(C2)C1C(=O)N1CCC(n2c(=O)[nH]c3ccccc32)CC1. The number of halogens is 1. The lowest BCUT2D eigenvalue weighted by Crippen LogP contribution is -2.49. The van der Waals surface area contributed by atoms with E-state index in [1.165, 1.54) is 6.42 Å². The predicted molar refractivity (Wildman–Crippen MR) is 107 cm³/mol. The standard InChI is InChI=1S/C20H26N4O2.ClH/c21-18-13-6-5-12(11-13)17(18)19(25)23-9-7-14(8-10-23)24-16-4-2-1-3-15(16)22-20(24)26;/h1-4,12-14,17-18H,5-11,21H2,(H,22,26);1H. The van der Waals surface area contributed by atoms with Crippen LogP contribution in [-0.4, -0.2) is 39.5 Å². The monoisotopic (exact) mass is 390 g/mol. The van der Waals surface area contributed by atoms with Gasteiger partial charge in [-0.3, -0.25) is 9.36 Å². The highest BCUT2D eigenvalue weighted by Crippen LogP contribution is 2.48. The van der Waals surface area contributed by atoms with Gasteiger partial charge >= 0.3 is 5.69 Å². The van der Waals surface area contributed by atoms with E-state index in [2.05, 4.69) is 4.98 Å². The maximum atomic E-state index is 13.0. The Morgan fingerprint density at radius 2 is 1.78 bits per heavy atom. The molecule has 1 aromatic heterocycles. The second-order valence-electron chi connectivity index (χ2n) is 8.31. The summed E-state index contributed by atoms with van der Waals surface area (Å²) in [5.74, 6) is 1.34. The van der Waals surface area contributed by atoms with Crippen LogP contribution in [0.2, 0.25) is 0 Å². The van der Waals surface area contributed by atoms with Gasteiger partial charge in [-0.15, -0.1) is 12.4 Å². The number of fused-ring (bicyclic) bond motifs is 3. The number of nitrogens with zero attached hydrogens (tertiary/aromatic N) is 2. The molecule has 2 bridgehead atoms. The molecule has 1 amide bonds. The summed E-state index contributed by atoms with van der Waals surface area (Å²) in [6, 6.07) is 8.01. The van der Waals surface area contributed by atoms with Gasteiger partial charge in [-0.25, -0.2) is 4.79 Å². The number of aromatic nitrogens is 2. The van der Waals surface area contributed by atoms with Gasteiger partial charge in [0.05, 0.1) is 17.0 Å². The van der Waals surface area contributed by atoms with Crippen molar-refractivity contribution in [2.24, 2.45) is 23.5 Å². The van der Waals surface area contributed by atoms with Gasteiger partial charge in [-0.2, -0.15) is 0 Å². The molecule has 4 unspecified atom stereocenters. The normalized spacial score (nSPS) is 30.6. The number of carbonyl (C=O) groups excluding carboxylic acids is 1. The molecule has 4 atom stereocenters. The lowest BCUT2D eigenvalue weighted by atomic mass is 9.83. The van der Waals surface area contributed by atoms with Crippen molar-refractivity contribution < 1.29 is 4.79 Å². The Bertz CT molecular complexity index is 897. The van der Waals surface area contributed by atoms with Crippen molar-refractivity contribution in [1.29, 1.82) is 0 Å². The highest BCUT2D eigenvalue weighted by Gasteiger charge is 2.50. The van der Waals surface area contributed by atoms with Crippen LogP contribution >= 0.6 is 12.4 Å². The highest BCUT2D eigenvalue weighted by molar-refractivity contribution is 5.85. The first kappa shape index (κ1) is 18.6. The zero-order chi connectivity index (χ0) is 17.8. The van der Waals surface area contributed by atoms with Crippen LogP contribution in [0.4, 0.5) is 0 Å². The lowest BCUT2D eigenvalue weighted by molar-refractivity contribution is -0.139. The van der Waals surface area contributed by atoms with Crippen LogP contribution in [0.1, 0.15) is 38.1 Å². The molecular weight excluding hydrogens is 364 g/mol. The largest absolute Gasteiger partial charge is 0.342 e. The van der Waals surface area contributed by atoms with Crippen molar-refractivity contribution >= 4 is 29.3 Å². The molecule has 7 heteroatoms. The maximum Gasteiger partial charge on any atom is 0.326 e. The van der Waals surface area contributed by atoms with Gasteiger partial charge in [0.15, 0.2) is 0 Å². The number of hydrogen-bond donors (Lipinski definition) is 2. The average molecular weight is 391 g/mol. The van der Waals surface area contributed by atoms with Gasteiger partial charge in [0, 0.05) is 25.2 Å². The summed E-state index contributed by atoms with van der Waals surface area (Å²) in [6.45, 7) is 1.44. The topological polar surface area (TPSA) is 84.1 Å². The number of nitrogens with two attached hydrogens (primary N) is 1. The predicted octanol–water partition coefficient (Wildman–Crippen LogP) is 2.29. The highest BCUT2D eigenvalue weighted by atomic mass is 35.5. The third-order valence-corrected chi connectivity index (χ3v) is 7.03. The molecule has 6 nitrogen and oxygen atoms in total. The summed E-state index contributed by atoms with van der Waals surface area (Å²) < 4.78 is 1.88. The molecule has 3 N–H and O–H groups in total. The van der Waals surface area contributed by atoms with E-state index in [9.17, 15) is 9.59 Å². The molecule has 0 radical (unpaired) electrons. The van der Waals surface area contributed by atoms with Gasteiger partial charge in [0.25, 0.3) is 0 Å². The molecule has 146 valence electrons. The zero-order valence-corrected chi connectivity index (χ0v) is 16.2. The van der Waals surface area contributed by atoms with E-state index in [0.29, 0.717) is 11.8 Å². The summed E-state index contributed by atoms with van der Waals surface area (Å²) >= 11 is 0. The smallest absolute Gasteiger partial charge is 0.326 e. The number of imidazole rings is 1. The van der Waals surface area contributed by atoms with Crippen molar-refractivity contribution in [3.63, 3.8) is 0 Å². The third kappa shape index (κ3) is 2.90. The van der Waals surface area contributed by atoms with Crippen molar-refractivity contribution in [2.75, 3.05) is 13.1 Å². The molecule has 27 heavy (non-hydrogen) atoms. The first-order chi connectivity index (χ1) is 12.6. The van der Waals surface area contributed by atoms with Crippen molar-refractivity contribution in [3.05, 3.63) is 34.7 Å². The fourth-order valence-electron chi connectivity index (χ4n) is 5.69. The van der Waals surface area contributed by atoms with Gasteiger partial charge in [0.2, 0.25) is 5.91 Å². The summed E-state index contributed by atoms with van der Waals surface area (Å²) in [4.78, 5) is 30.4. The number of benzene rings is 1. The molecule has 2 aromatic rings. The summed E-state index contributed by atoms with van der Waals surface area (Å²) in [7, 11) is 0. The van der Waals surface area contributed by atoms with E-state index in [0.717, 1.165) is 49.8 Å². The molecule has 0 spiro atoms. The zero-order valence-electron chi connectivity index (χ0n) is 15.3. The van der Waals surface area contributed by atoms with Crippen molar-refractivity contribution in [2.45, 2.75) is 44.2 Å². The minimum Gasteiger partial charge on any atom is -0.342 e. The maximum absolute atomic E-state index is 13.0. The minimum absolute atomic E-state index is 0. The molecule has 1 saturated heterocycles. The Hall–Kier alpha value is -1.79. The Labute approximate surface area is 164 Å². The van der Waals surface area contributed by atoms with Crippen molar-refractivity contribution in [1.82, 2.24) is 14.5 Å². The van der Waals surface area contributed by atoms with Crippen LogP contribution in [0.15, 0.2) is 29.1 Å². The molecule has 5 rings (SSSR count). The fourth-order valence-corrected chi connectivity index (χ4v) is 5.69. The average Bonchev–Trinajstić information content (AvgIpc) is 3.33. The first-order valence-electron chi connectivity index (χ1n) is 9.87. The second-order valence-corrected chi connectivity index (χ2v) is 8.31. The molecule has 3 aliphatic rings. The van der Waals surface area contributed by atoms with Crippen LogP contribution in [0.3, 0.4) is 0 Å². The molecule has 2 heterocycles. The number of nitrogens with one attached hydrogen (secondary N) is 1. The van der Waals surface area contributed by atoms with E-state index < -0.39 is 0 Å². The van der Waals surface area contributed by atoms with Crippen LogP contribution in [0.5, 0.6) is 0 Å². The Kier molecular flexibility index (Phi) is 4.80. The summed E-state index contributed by atoms with van der Waals surface area (Å²) in [5.41, 5.74) is 8.15. The van der Waals surface area contributed by atoms with Crippen LogP contribution < -0.4 is 11.4 Å². The van der Waals surface area contributed by atoms with E-state index in [-0.39, 0.29) is 42.0 Å². The Morgan fingerprint density at radius 3 is 2.48 bits per heavy atom. The second kappa shape index (κ2) is 6.99. The molecule has 1 aliphatic heterocycles. The quantitative estimate of drug-likeness (QED) is 0.825. The Balaban J connectivity index is 0.00000180. The van der Waals surface area contributed by atoms with E-state index >= 15 is 0 Å². The summed E-state index contributed by atoms with van der Waals surface area (Å²) in [6.07, 6.45) is 5.14. The van der Waals surface area contributed by atoms with Crippen LogP contribution in [0, 0.1) is 17.8 Å². The fraction of sp³-hybridized carbons (Fsp3) is 0.600. The van der Waals surface area contributed by atoms with E-state index in [1.807, 2.05) is 33.7 Å². The number of para-hydroxylation sites is 2. The number of aromatic amines is 1. The van der Waals surface area contributed by atoms with Gasteiger partial charge in [0.1, 0.15) is 0 Å². The molecule has 2 saturated carbocycles. The molecular formula is C20H27ClN4O2. The molecule has 1 aromatic carbocycles. The number of hydrogen-bond acceptors (Lipinski definition) is 3. The number of amides is 1. The Morgan fingerprint density at radius 1 is 1.07 bits per heavy atom. The van der Waals surface area contributed by atoms with Crippen molar-refractivity contribution in [3.8, 4) is 0 Å². The third-order valence-electron chi connectivity index (χ3n) is 7.03. The number of likely N-dealkylation sites (tertiary alicyclic amines) is 1. The number of piperidine rings is 1. The summed E-state index contributed by atoms with van der Waals surface area (Å²) in [5, 5.41) is 0. The van der Waals surface area contributed by atoms with E-state index in [1.54, 1.807) is 0 Å². The van der Waals surface area contributed by atoms with Gasteiger partial charge in [-0.1, -0.05) is 12.1 Å². The number of rotatable bonds is 2. The van der Waals surface area contributed by atoms with Gasteiger partial charge in [-0.05, 0) is 56.1 Å².